The van der Waals surface area contributed by atoms with Crippen molar-refractivity contribution >= 4 is 65.2 Å². The quantitative estimate of drug-likeness (QED) is 0.152. The molecule has 326 valence electrons. The molecule has 2 heterocycles. The number of aryl methyl sites for hydroxylation is 4. The molecule has 0 spiro atoms. The Bertz CT molecular complexity index is 4050. The van der Waals surface area contributed by atoms with Crippen LogP contribution in [-0.2, 0) is 19.5 Å². The molecule has 0 aliphatic heterocycles. The van der Waals surface area contributed by atoms with Gasteiger partial charge in [0.25, 0.3) is 0 Å². The minimum absolute atomic E-state index is 0.526. The summed E-state index contributed by atoms with van der Waals surface area (Å²) in [6.07, 6.45) is 0. The number of hydrogen-bond donors (Lipinski definition) is 0. The van der Waals surface area contributed by atoms with Crippen LogP contribution in [0.15, 0.2) is 218 Å². The highest BCUT2D eigenvalue weighted by Crippen LogP contribution is 2.59. The third kappa shape index (κ3) is 5.55. The molecule has 0 atom stereocenters. The zero-order chi connectivity index (χ0) is 46.1. The van der Waals surface area contributed by atoms with Gasteiger partial charge in [-0.1, -0.05) is 199 Å². The first kappa shape index (κ1) is 39.7. The Morgan fingerprint density at radius 1 is 0.290 bits per heavy atom. The molecule has 1 aliphatic carbocycles. The van der Waals surface area contributed by atoms with Crippen molar-refractivity contribution in [3.8, 4) is 44.5 Å². The predicted octanol–water partition coefficient (Wildman–Crippen LogP) is 17.3. The fourth-order valence-electron chi connectivity index (χ4n) is 12.5. The van der Waals surface area contributed by atoms with Gasteiger partial charge in [-0.05, 0) is 132 Å². The second kappa shape index (κ2) is 14.8. The Kier molecular flexibility index (Phi) is 8.49. The van der Waals surface area contributed by atoms with Gasteiger partial charge < -0.3 is 9.13 Å². The molecule has 11 aromatic carbocycles. The van der Waals surface area contributed by atoms with E-state index in [0.29, 0.717) is 0 Å². The number of para-hydroxylation sites is 2. The summed E-state index contributed by atoms with van der Waals surface area (Å²) in [7, 11) is 4.39. The summed E-state index contributed by atoms with van der Waals surface area (Å²) in [6, 6.07) is 83.0. The first-order valence-corrected chi connectivity index (χ1v) is 24.2. The molecule has 1 aliphatic rings. The number of fused-ring (bicyclic) bond motifs is 11. The largest absolute Gasteiger partial charge is 0.344 e. The minimum atomic E-state index is -0.526. The molecule has 69 heavy (non-hydrogen) atoms. The van der Waals surface area contributed by atoms with Gasteiger partial charge in [0.2, 0.25) is 0 Å². The van der Waals surface area contributed by atoms with Crippen LogP contribution in [0.4, 0.5) is 0 Å². The standard InChI is InChI=1S/C67H48N2/c1-41-26-32-45(33-27-41)67(46-34-28-42(2)29-35-46)59-22-8-5-16-55(59)66-56(21-13-23-60(66)67)65-53-19-11-17-47(43-30-36-51-49-14-6-9-24-61(49)68(3)63(51)38-43)57(53)40-58-48(18-12-20-54(58)65)44-31-37-52-50-15-7-10-25-62(50)69(4)64(52)39-44/h5-40H,1-4H3. The lowest BCUT2D eigenvalue weighted by atomic mass is 9.67. The van der Waals surface area contributed by atoms with Crippen LogP contribution in [0.3, 0.4) is 0 Å². The van der Waals surface area contributed by atoms with Crippen molar-refractivity contribution in [2.24, 2.45) is 14.1 Å². The highest BCUT2D eigenvalue weighted by atomic mass is 14.9. The molecule has 13 aromatic rings. The lowest BCUT2D eigenvalue weighted by Gasteiger charge is -2.34. The van der Waals surface area contributed by atoms with Gasteiger partial charge in [-0.2, -0.15) is 0 Å². The number of rotatable bonds is 5. The topological polar surface area (TPSA) is 9.86 Å². The molecular formula is C67H48N2. The van der Waals surface area contributed by atoms with E-state index in [2.05, 4.69) is 255 Å². The van der Waals surface area contributed by atoms with Crippen LogP contribution in [0, 0.1) is 13.8 Å². The third-order valence-electron chi connectivity index (χ3n) is 15.8. The van der Waals surface area contributed by atoms with Gasteiger partial charge in [0.1, 0.15) is 0 Å². The van der Waals surface area contributed by atoms with Crippen LogP contribution in [-0.4, -0.2) is 9.13 Å². The number of aromatic nitrogens is 2. The van der Waals surface area contributed by atoms with Crippen LogP contribution in [0.1, 0.15) is 33.4 Å². The summed E-state index contributed by atoms with van der Waals surface area (Å²) < 4.78 is 4.70. The van der Waals surface area contributed by atoms with Gasteiger partial charge in [0, 0.05) is 57.7 Å². The van der Waals surface area contributed by atoms with Crippen LogP contribution in [0.2, 0.25) is 0 Å². The van der Waals surface area contributed by atoms with Crippen LogP contribution < -0.4 is 0 Å². The molecule has 0 fully saturated rings. The van der Waals surface area contributed by atoms with E-state index >= 15 is 0 Å². The van der Waals surface area contributed by atoms with Gasteiger partial charge in [0.05, 0.1) is 5.41 Å². The summed E-state index contributed by atoms with van der Waals surface area (Å²) in [5, 5.41) is 10.1. The molecule has 0 unspecified atom stereocenters. The Morgan fingerprint density at radius 2 is 0.710 bits per heavy atom. The maximum atomic E-state index is 2.50. The summed E-state index contributed by atoms with van der Waals surface area (Å²) in [5.74, 6) is 0. The molecule has 0 radical (unpaired) electrons. The molecule has 2 heteroatoms. The molecule has 0 N–H and O–H groups in total. The lowest BCUT2D eigenvalue weighted by Crippen LogP contribution is -2.28. The van der Waals surface area contributed by atoms with Crippen LogP contribution >= 0.6 is 0 Å². The Balaban J connectivity index is 1.10. The molecule has 0 saturated heterocycles. The lowest BCUT2D eigenvalue weighted by molar-refractivity contribution is 0.767. The monoisotopic (exact) mass is 880 g/mol. The number of benzene rings is 11. The minimum Gasteiger partial charge on any atom is -0.344 e. The summed E-state index contributed by atoms with van der Waals surface area (Å²) in [6.45, 7) is 4.37. The Morgan fingerprint density at radius 3 is 1.26 bits per heavy atom. The highest BCUT2D eigenvalue weighted by Gasteiger charge is 2.47. The smallest absolute Gasteiger partial charge is 0.0713 e. The fourth-order valence-corrected chi connectivity index (χ4v) is 12.5. The number of nitrogens with zero attached hydrogens (tertiary/aromatic N) is 2. The van der Waals surface area contributed by atoms with Gasteiger partial charge in [-0.15, -0.1) is 0 Å². The Labute approximate surface area is 402 Å². The van der Waals surface area contributed by atoms with E-state index in [0.717, 1.165) is 0 Å². The van der Waals surface area contributed by atoms with Gasteiger partial charge in [-0.25, -0.2) is 0 Å². The third-order valence-corrected chi connectivity index (χ3v) is 15.8. The van der Waals surface area contributed by atoms with Crippen molar-refractivity contribution in [1.29, 1.82) is 0 Å². The SMILES string of the molecule is Cc1ccc(C2(c3ccc(C)cc3)c3ccccc3-c3c(-c4c5cccc(-c6ccc7c8ccccc8n(C)c7c6)c5cc5c(-c6ccc7c8ccccc8n(C)c7c6)cccc45)cccc32)cc1. The zero-order valence-electron chi connectivity index (χ0n) is 39.2. The normalized spacial score (nSPS) is 13.0. The van der Waals surface area contributed by atoms with Crippen molar-refractivity contribution in [3.63, 3.8) is 0 Å². The zero-order valence-corrected chi connectivity index (χ0v) is 39.2. The highest BCUT2D eigenvalue weighted by molar-refractivity contribution is 6.21. The fraction of sp³-hybridized carbons (Fsp3) is 0.0746. The first-order valence-electron chi connectivity index (χ1n) is 24.2. The van der Waals surface area contributed by atoms with E-state index in [1.165, 1.54) is 143 Å². The molecule has 0 bridgehead atoms. The van der Waals surface area contributed by atoms with Crippen molar-refractivity contribution in [1.82, 2.24) is 9.13 Å². The van der Waals surface area contributed by atoms with E-state index < -0.39 is 5.41 Å². The second-order valence-corrected chi connectivity index (χ2v) is 19.4. The maximum absolute atomic E-state index is 2.50. The second-order valence-electron chi connectivity index (χ2n) is 19.4. The van der Waals surface area contributed by atoms with Crippen LogP contribution in [0.5, 0.6) is 0 Å². The first-order chi connectivity index (χ1) is 33.9. The average Bonchev–Trinajstić information content (AvgIpc) is 3.98. The molecule has 2 aromatic heterocycles. The molecule has 0 amide bonds. The van der Waals surface area contributed by atoms with E-state index in [9.17, 15) is 0 Å². The summed E-state index contributed by atoms with van der Waals surface area (Å²) in [5.41, 5.74) is 22.1. The van der Waals surface area contributed by atoms with Crippen molar-refractivity contribution in [2.45, 2.75) is 19.3 Å². The average molecular weight is 881 g/mol. The van der Waals surface area contributed by atoms with Crippen molar-refractivity contribution in [2.75, 3.05) is 0 Å². The van der Waals surface area contributed by atoms with E-state index in [-0.39, 0.29) is 0 Å². The molecule has 14 rings (SSSR count). The predicted molar refractivity (Wildman–Crippen MR) is 293 cm³/mol. The summed E-state index contributed by atoms with van der Waals surface area (Å²) in [4.78, 5) is 0. The molecular weight excluding hydrogens is 833 g/mol. The number of hydrogen-bond acceptors (Lipinski definition) is 0. The van der Waals surface area contributed by atoms with Gasteiger partial charge in [0.15, 0.2) is 0 Å². The maximum Gasteiger partial charge on any atom is 0.0713 e. The van der Waals surface area contributed by atoms with Crippen molar-refractivity contribution < 1.29 is 0 Å². The van der Waals surface area contributed by atoms with Gasteiger partial charge in [-0.3, -0.25) is 0 Å². The van der Waals surface area contributed by atoms with E-state index in [1.54, 1.807) is 0 Å². The van der Waals surface area contributed by atoms with E-state index in [4.69, 9.17) is 0 Å². The van der Waals surface area contributed by atoms with Crippen LogP contribution in [0.25, 0.3) is 110 Å². The Hall–Kier alpha value is -8.46. The molecule has 2 nitrogen and oxygen atoms in total. The summed E-state index contributed by atoms with van der Waals surface area (Å²) >= 11 is 0. The molecule has 0 saturated carbocycles. The van der Waals surface area contributed by atoms with E-state index in [1.807, 2.05) is 0 Å². The van der Waals surface area contributed by atoms with Gasteiger partial charge >= 0.3 is 0 Å². The van der Waals surface area contributed by atoms with Crippen molar-refractivity contribution in [3.05, 3.63) is 252 Å².